The van der Waals surface area contributed by atoms with Gasteiger partial charge in [-0.1, -0.05) is 25.3 Å². The first kappa shape index (κ1) is 17.2. The van der Waals surface area contributed by atoms with Crippen LogP contribution in [-0.4, -0.2) is 21.8 Å². The first-order chi connectivity index (χ1) is 9.91. The van der Waals surface area contributed by atoms with Crippen LogP contribution < -0.4 is 0 Å². The smallest absolute Gasteiger partial charge is 0.157 e. The highest BCUT2D eigenvalue weighted by molar-refractivity contribution is 6.00. The van der Waals surface area contributed by atoms with Crippen molar-refractivity contribution in [3.63, 3.8) is 0 Å². The maximum atomic E-state index is 11.3. The summed E-state index contributed by atoms with van der Waals surface area (Å²) in [5.74, 6) is -0.695. The van der Waals surface area contributed by atoms with E-state index in [1.54, 1.807) is 12.1 Å². The lowest BCUT2D eigenvalue weighted by Gasteiger charge is -2.09. The number of phenols is 2. The zero-order chi connectivity index (χ0) is 15.8. The van der Waals surface area contributed by atoms with E-state index in [4.69, 9.17) is 0 Å². The highest BCUT2D eigenvalue weighted by atomic mass is 16.3. The van der Waals surface area contributed by atoms with Crippen molar-refractivity contribution in [1.82, 2.24) is 0 Å². The molecule has 2 N–H and O–H groups in total. The molecule has 0 amide bonds. The number of benzene rings is 1. The van der Waals surface area contributed by atoms with Crippen LogP contribution in [0.4, 0.5) is 0 Å². The second-order valence-electron chi connectivity index (χ2n) is 5.55. The quantitative estimate of drug-likeness (QED) is 0.415. The van der Waals surface area contributed by atoms with Crippen molar-refractivity contribution in [3.05, 3.63) is 23.8 Å². The predicted octanol–water partition coefficient (Wildman–Crippen LogP) is 3.39. The molecule has 4 nitrogen and oxygen atoms in total. The lowest BCUT2D eigenvalue weighted by Crippen LogP contribution is -2.19. The fourth-order valence-electron chi connectivity index (χ4n) is 2.45. The fraction of sp³-hybridized carbons (Fsp3) is 0.529. The molecule has 1 aromatic rings. The van der Waals surface area contributed by atoms with Crippen molar-refractivity contribution in [2.24, 2.45) is 5.92 Å². The van der Waals surface area contributed by atoms with Gasteiger partial charge in [-0.05, 0) is 50.8 Å². The summed E-state index contributed by atoms with van der Waals surface area (Å²) in [6.07, 6.45) is 5.35. The Kier molecular flexibility index (Phi) is 6.92. The van der Waals surface area contributed by atoms with E-state index in [0.717, 1.165) is 37.7 Å². The number of Topliss-reactive ketones (excluding diaryl/α,β-unsaturated/α-hetero) is 2. The number of ketones is 2. The molecule has 21 heavy (non-hydrogen) atoms. The van der Waals surface area contributed by atoms with Crippen molar-refractivity contribution < 1.29 is 19.8 Å². The molecule has 1 aromatic carbocycles. The molecule has 0 saturated heterocycles. The second-order valence-corrected chi connectivity index (χ2v) is 5.55. The minimum absolute atomic E-state index is 0.0398. The molecular weight excluding hydrogens is 268 g/mol. The molecule has 116 valence electrons. The average molecular weight is 292 g/mol. The molecule has 0 bridgehead atoms. The topological polar surface area (TPSA) is 74.6 Å². The first-order valence-electron chi connectivity index (χ1n) is 7.43. The van der Waals surface area contributed by atoms with Gasteiger partial charge in [-0.25, -0.2) is 0 Å². The lowest BCUT2D eigenvalue weighted by molar-refractivity contribution is -0.130. The molecule has 0 spiro atoms. The van der Waals surface area contributed by atoms with Crippen molar-refractivity contribution in [2.75, 3.05) is 0 Å². The summed E-state index contributed by atoms with van der Waals surface area (Å²) in [4.78, 5) is 22.6. The highest BCUT2D eigenvalue weighted by Gasteiger charge is 2.18. The molecule has 1 rings (SSSR count). The van der Waals surface area contributed by atoms with Crippen LogP contribution in [0.3, 0.4) is 0 Å². The molecule has 0 aliphatic rings. The van der Waals surface area contributed by atoms with E-state index in [1.165, 1.54) is 19.9 Å². The van der Waals surface area contributed by atoms with Gasteiger partial charge in [0.2, 0.25) is 0 Å². The number of unbranched alkanes of at least 4 members (excludes halogenated alkanes) is 3. The van der Waals surface area contributed by atoms with Gasteiger partial charge >= 0.3 is 0 Å². The Morgan fingerprint density at radius 1 is 0.952 bits per heavy atom. The van der Waals surface area contributed by atoms with E-state index < -0.39 is 5.92 Å². The van der Waals surface area contributed by atoms with E-state index in [2.05, 4.69) is 0 Å². The Labute approximate surface area is 125 Å². The molecule has 0 heterocycles. The third kappa shape index (κ3) is 5.98. The Morgan fingerprint density at radius 3 is 2.14 bits per heavy atom. The summed E-state index contributed by atoms with van der Waals surface area (Å²) in [7, 11) is 0. The fourth-order valence-corrected chi connectivity index (χ4v) is 2.45. The minimum atomic E-state index is -0.431. The third-order valence-electron chi connectivity index (χ3n) is 3.73. The Balaban J connectivity index is 2.21. The van der Waals surface area contributed by atoms with Gasteiger partial charge < -0.3 is 10.2 Å². The Bertz CT molecular complexity index is 480. The Hall–Kier alpha value is -1.84. The maximum absolute atomic E-state index is 11.3. The zero-order valence-corrected chi connectivity index (χ0v) is 12.8. The number of aromatic hydroxyl groups is 2. The number of aryl methyl sites for hydroxylation is 1. The van der Waals surface area contributed by atoms with Crippen molar-refractivity contribution >= 4 is 11.6 Å². The normalized spacial score (nSPS) is 10.8. The van der Waals surface area contributed by atoms with Crippen LogP contribution in [0, 0.1) is 5.92 Å². The minimum Gasteiger partial charge on any atom is -0.504 e. The lowest BCUT2D eigenvalue weighted by atomic mass is 9.93. The SMILES string of the molecule is CC(=O)C(CCCCCCc1ccc(O)c(O)c1)C(C)=O. The number of rotatable bonds is 9. The van der Waals surface area contributed by atoms with Gasteiger partial charge in [0.05, 0.1) is 5.92 Å². The van der Waals surface area contributed by atoms with Crippen LogP contribution in [0.5, 0.6) is 11.5 Å². The van der Waals surface area contributed by atoms with Gasteiger partial charge in [0.1, 0.15) is 11.6 Å². The summed E-state index contributed by atoms with van der Waals surface area (Å²) >= 11 is 0. The molecular formula is C17H24O4. The van der Waals surface area contributed by atoms with E-state index >= 15 is 0 Å². The number of hydrogen-bond donors (Lipinski definition) is 2. The van der Waals surface area contributed by atoms with E-state index in [9.17, 15) is 19.8 Å². The molecule has 0 aliphatic carbocycles. The van der Waals surface area contributed by atoms with Gasteiger partial charge in [-0.15, -0.1) is 0 Å². The van der Waals surface area contributed by atoms with Crippen LogP contribution in [0.25, 0.3) is 0 Å². The van der Waals surface area contributed by atoms with Gasteiger partial charge in [-0.2, -0.15) is 0 Å². The summed E-state index contributed by atoms with van der Waals surface area (Å²) in [5.41, 5.74) is 0.996. The number of phenolic OH excluding ortho intramolecular Hbond substituents is 2. The number of carbonyl (C=O) groups excluding carboxylic acids is 2. The molecule has 0 aromatic heterocycles. The van der Waals surface area contributed by atoms with E-state index in [1.807, 2.05) is 0 Å². The standard InChI is InChI=1S/C17H24O4/c1-12(18)15(13(2)19)8-6-4-3-5-7-14-9-10-16(20)17(21)11-14/h9-11,15,20-21H,3-8H2,1-2H3. The summed E-state index contributed by atoms with van der Waals surface area (Å²) in [5, 5.41) is 18.6. The van der Waals surface area contributed by atoms with Crippen LogP contribution >= 0.6 is 0 Å². The summed E-state index contributed by atoms with van der Waals surface area (Å²) in [6.45, 7) is 2.95. The maximum Gasteiger partial charge on any atom is 0.157 e. The van der Waals surface area contributed by atoms with E-state index in [-0.39, 0.29) is 23.1 Å². The van der Waals surface area contributed by atoms with Crippen LogP contribution in [-0.2, 0) is 16.0 Å². The molecule has 0 unspecified atom stereocenters. The molecule has 0 saturated carbocycles. The van der Waals surface area contributed by atoms with Crippen LogP contribution in [0.2, 0.25) is 0 Å². The van der Waals surface area contributed by atoms with Crippen molar-refractivity contribution in [2.45, 2.75) is 52.4 Å². The third-order valence-corrected chi connectivity index (χ3v) is 3.73. The molecule has 0 atom stereocenters. The predicted molar refractivity (Wildman–Crippen MR) is 81.4 cm³/mol. The molecule has 4 heteroatoms. The van der Waals surface area contributed by atoms with Crippen molar-refractivity contribution in [3.8, 4) is 11.5 Å². The Morgan fingerprint density at radius 2 is 1.57 bits per heavy atom. The monoisotopic (exact) mass is 292 g/mol. The molecule has 0 fully saturated rings. The van der Waals surface area contributed by atoms with Gasteiger partial charge in [0.15, 0.2) is 11.5 Å². The first-order valence-corrected chi connectivity index (χ1v) is 7.43. The highest BCUT2D eigenvalue weighted by Crippen LogP contribution is 2.25. The zero-order valence-electron chi connectivity index (χ0n) is 12.8. The summed E-state index contributed by atoms with van der Waals surface area (Å²) < 4.78 is 0. The van der Waals surface area contributed by atoms with Crippen LogP contribution in [0.15, 0.2) is 18.2 Å². The van der Waals surface area contributed by atoms with Crippen molar-refractivity contribution in [1.29, 1.82) is 0 Å². The number of carbonyl (C=O) groups is 2. The van der Waals surface area contributed by atoms with Crippen LogP contribution in [0.1, 0.15) is 51.5 Å². The van der Waals surface area contributed by atoms with E-state index in [0.29, 0.717) is 6.42 Å². The molecule has 0 radical (unpaired) electrons. The van der Waals surface area contributed by atoms with Gasteiger partial charge in [-0.3, -0.25) is 9.59 Å². The van der Waals surface area contributed by atoms with Gasteiger partial charge in [0, 0.05) is 0 Å². The average Bonchev–Trinajstić information content (AvgIpc) is 2.40. The summed E-state index contributed by atoms with van der Waals surface area (Å²) in [6, 6.07) is 4.88. The van der Waals surface area contributed by atoms with Gasteiger partial charge in [0.25, 0.3) is 0 Å². The molecule has 0 aliphatic heterocycles. The second kappa shape index (κ2) is 8.45. The number of hydrogen-bond acceptors (Lipinski definition) is 4. The largest absolute Gasteiger partial charge is 0.504 e.